The highest BCUT2D eigenvalue weighted by atomic mass is 15.3. The summed E-state index contributed by atoms with van der Waals surface area (Å²) >= 11 is 0. The molecular weight excluding hydrogens is 198 g/mol. The Kier molecular flexibility index (Phi) is 3.13. The van der Waals surface area contributed by atoms with E-state index in [1.54, 1.807) is 0 Å². The summed E-state index contributed by atoms with van der Waals surface area (Å²) in [5, 5.41) is 8.68. The molecule has 1 aromatic rings. The van der Waals surface area contributed by atoms with Crippen molar-refractivity contribution in [1.82, 2.24) is 10.2 Å². The van der Waals surface area contributed by atoms with Crippen LogP contribution in [0.3, 0.4) is 0 Å². The summed E-state index contributed by atoms with van der Waals surface area (Å²) in [6, 6.07) is 4.22. The first-order valence-corrected chi connectivity index (χ1v) is 6.16. The van der Waals surface area contributed by atoms with Crippen molar-refractivity contribution in [2.75, 3.05) is 18.0 Å². The van der Waals surface area contributed by atoms with Gasteiger partial charge in [-0.2, -0.15) is 5.10 Å². The second-order valence-electron chi connectivity index (χ2n) is 5.57. The molecule has 0 saturated carbocycles. The Hall–Kier alpha value is -1.12. The molecule has 88 valence electrons. The van der Waals surface area contributed by atoms with Crippen molar-refractivity contribution in [3.05, 3.63) is 17.8 Å². The molecule has 3 heteroatoms. The summed E-state index contributed by atoms with van der Waals surface area (Å²) in [5.41, 5.74) is 1.15. The fourth-order valence-electron chi connectivity index (χ4n) is 2.02. The average molecular weight is 219 g/mol. The Labute approximate surface area is 97.9 Å². The maximum absolute atomic E-state index is 4.34. The molecule has 1 aromatic heterocycles. The average Bonchev–Trinajstić information content (AvgIpc) is 2.29. The highest BCUT2D eigenvalue weighted by Crippen LogP contribution is 2.22. The smallest absolute Gasteiger partial charge is 0.151 e. The molecule has 1 aliphatic heterocycles. The van der Waals surface area contributed by atoms with Crippen LogP contribution in [0.25, 0.3) is 0 Å². The molecule has 0 spiro atoms. The fourth-order valence-corrected chi connectivity index (χ4v) is 2.02. The molecule has 2 rings (SSSR count). The van der Waals surface area contributed by atoms with E-state index >= 15 is 0 Å². The summed E-state index contributed by atoms with van der Waals surface area (Å²) in [6.07, 6.45) is 3.91. The van der Waals surface area contributed by atoms with E-state index in [9.17, 15) is 0 Å². The van der Waals surface area contributed by atoms with E-state index in [1.165, 1.54) is 19.3 Å². The van der Waals surface area contributed by atoms with E-state index < -0.39 is 0 Å². The Morgan fingerprint density at radius 3 is 2.19 bits per heavy atom. The van der Waals surface area contributed by atoms with E-state index in [0.717, 1.165) is 24.6 Å². The monoisotopic (exact) mass is 219 g/mol. The third kappa shape index (κ3) is 2.52. The number of anilines is 1. The van der Waals surface area contributed by atoms with Gasteiger partial charge in [0, 0.05) is 18.5 Å². The number of piperidine rings is 1. The molecule has 1 aliphatic rings. The van der Waals surface area contributed by atoms with Crippen molar-refractivity contribution in [3.63, 3.8) is 0 Å². The van der Waals surface area contributed by atoms with Gasteiger partial charge >= 0.3 is 0 Å². The summed E-state index contributed by atoms with van der Waals surface area (Å²) in [4.78, 5) is 2.34. The molecule has 0 amide bonds. The largest absolute Gasteiger partial charge is 0.355 e. The van der Waals surface area contributed by atoms with Crippen LogP contribution in [0.5, 0.6) is 0 Å². The van der Waals surface area contributed by atoms with E-state index in [4.69, 9.17) is 0 Å². The van der Waals surface area contributed by atoms with Crippen LogP contribution in [0, 0.1) is 0 Å². The van der Waals surface area contributed by atoms with Crippen LogP contribution in [-0.4, -0.2) is 23.3 Å². The van der Waals surface area contributed by atoms with Crippen LogP contribution >= 0.6 is 0 Å². The lowest BCUT2D eigenvalue weighted by molar-refractivity contribution is 0.548. The minimum Gasteiger partial charge on any atom is -0.355 e. The second-order valence-corrected chi connectivity index (χ2v) is 5.57. The van der Waals surface area contributed by atoms with Gasteiger partial charge in [-0.1, -0.05) is 20.8 Å². The maximum Gasteiger partial charge on any atom is 0.151 e. The molecule has 1 saturated heterocycles. The van der Waals surface area contributed by atoms with Gasteiger partial charge in [-0.05, 0) is 31.4 Å². The standard InChI is InChI=1S/C13H21N3/c1-13(2,3)11-7-8-12(15-14-11)16-9-5-4-6-10-16/h7-8H,4-6,9-10H2,1-3H3. The number of aromatic nitrogens is 2. The zero-order chi connectivity index (χ0) is 11.6. The lowest BCUT2D eigenvalue weighted by Crippen LogP contribution is -2.30. The normalized spacial score (nSPS) is 17.6. The van der Waals surface area contributed by atoms with Gasteiger partial charge in [0.2, 0.25) is 0 Å². The molecule has 2 heterocycles. The zero-order valence-corrected chi connectivity index (χ0v) is 10.5. The van der Waals surface area contributed by atoms with Crippen LogP contribution in [-0.2, 0) is 5.41 Å². The van der Waals surface area contributed by atoms with Crippen LogP contribution in [0.1, 0.15) is 45.7 Å². The first kappa shape index (κ1) is 11.4. The molecule has 0 N–H and O–H groups in total. The third-order valence-electron chi connectivity index (χ3n) is 3.10. The molecule has 0 bridgehead atoms. The highest BCUT2D eigenvalue weighted by molar-refractivity contribution is 5.38. The highest BCUT2D eigenvalue weighted by Gasteiger charge is 2.17. The van der Waals surface area contributed by atoms with Crippen molar-refractivity contribution >= 4 is 5.82 Å². The van der Waals surface area contributed by atoms with Crippen LogP contribution < -0.4 is 4.90 Å². The predicted molar refractivity (Wildman–Crippen MR) is 66.8 cm³/mol. The van der Waals surface area contributed by atoms with Crippen LogP contribution in [0.15, 0.2) is 12.1 Å². The van der Waals surface area contributed by atoms with E-state index in [1.807, 2.05) is 0 Å². The van der Waals surface area contributed by atoms with Crippen molar-refractivity contribution in [1.29, 1.82) is 0 Å². The topological polar surface area (TPSA) is 29.0 Å². The van der Waals surface area contributed by atoms with Gasteiger partial charge < -0.3 is 4.90 Å². The van der Waals surface area contributed by atoms with E-state index in [-0.39, 0.29) is 5.41 Å². The minimum absolute atomic E-state index is 0.0907. The summed E-state index contributed by atoms with van der Waals surface area (Å²) in [7, 11) is 0. The molecule has 0 unspecified atom stereocenters. The third-order valence-corrected chi connectivity index (χ3v) is 3.10. The lowest BCUT2D eigenvalue weighted by Gasteiger charge is -2.27. The minimum atomic E-state index is 0.0907. The van der Waals surface area contributed by atoms with Gasteiger partial charge in [0.1, 0.15) is 0 Å². The van der Waals surface area contributed by atoms with Crippen molar-refractivity contribution in [2.24, 2.45) is 0 Å². The Morgan fingerprint density at radius 1 is 1.00 bits per heavy atom. The van der Waals surface area contributed by atoms with Gasteiger partial charge in [0.15, 0.2) is 5.82 Å². The van der Waals surface area contributed by atoms with Gasteiger partial charge in [-0.15, -0.1) is 5.10 Å². The lowest BCUT2D eigenvalue weighted by atomic mass is 9.92. The van der Waals surface area contributed by atoms with Crippen LogP contribution in [0.2, 0.25) is 0 Å². The summed E-state index contributed by atoms with van der Waals surface area (Å²) in [6.45, 7) is 8.75. The Balaban J connectivity index is 2.12. The van der Waals surface area contributed by atoms with Crippen LogP contribution in [0.4, 0.5) is 5.82 Å². The Bertz CT molecular complexity index is 331. The van der Waals surface area contributed by atoms with Crippen molar-refractivity contribution < 1.29 is 0 Å². The fraction of sp³-hybridized carbons (Fsp3) is 0.692. The van der Waals surface area contributed by atoms with Crippen molar-refractivity contribution in [3.8, 4) is 0 Å². The first-order valence-electron chi connectivity index (χ1n) is 6.16. The molecule has 0 atom stereocenters. The number of rotatable bonds is 1. The Morgan fingerprint density at radius 2 is 1.69 bits per heavy atom. The second kappa shape index (κ2) is 4.40. The predicted octanol–water partition coefficient (Wildman–Crippen LogP) is 2.76. The van der Waals surface area contributed by atoms with Gasteiger partial charge in [-0.3, -0.25) is 0 Å². The summed E-state index contributed by atoms with van der Waals surface area (Å²) in [5.74, 6) is 1.03. The number of hydrogen-bond donors (Lipinski definition) is 0. The maximum atomic E-state index is 4.34. The summed E-state index contributed by atoms with van der Waals surface area (Å²) < 4.78 is 0. The first-order chi connectivity index (χ1) is 7.57. The quantitative estimate of drug-likeness (QED) is 0.727. The van der Waals surface area contributed by atoms with E-state index in [0.29, 0.717) is 0 Å². The van der Waals surface area contributed by atoms with Gasteiger partial charge in [0.25, 0.3) is 0 Å². The van der Waals surface area contributed by atoms with Gasteiger partial charge in [0.05, 0.1) is 5.69 Å². The van der Waals surface area contributed by atoms with Crippen molar-refractivity contribution in [2.45, 2.75) is 45.4 Å². The van der Waals surface area contributed by atoms with Gasteiger partial charge in [-0.25, -0.2) is 0 Å². The molecule has 0 aromatic carbocycles. The number of hydrogen-bond acceptors (Lipinski definition) is 3. The molecule has 0 aliphatic carbocycles. The van der Waals surface area contributed by atoms with E-state index in [2.05, 4.69) is 48.0 Å². The number of nitrogens with zero attached hydrogens (tertiary/aromatic N) is 3. The molecule has 0 radical (unpaired) electrons. The zero-order valence-electron chi connectivity index (χ0n) is 10.5. The molecule has 16 heavy (non-hydrogen) atoms. The molecular formula is C13H21N3. The SMILES string of the molecule is CC(C)(C)c1ccc(N2CCCCC2)nn1. The molecule has 3 nitrogen and oxygen atoms in total. The molecule has 1 fully saturated rings.